The fourth-order valence-corrected chi connectivity index (χ4v) is 7.92. The number of fused-ring (bicyclic) bond motifs is 1. The maximum absolute atomic E-state index is 14.5. The van der Waals surface area contributed by atoms with Crippen molar-refractivity contribution in [3.8, 4) is 23.1 Å². The third-order valence-corrected chi connectivity index (χ3v) is 11.7. The Morgan fingerprint density at radius 2 is 1.66 bits per heavy atom. The molecule has 4 atom stereocenters. The topological polar surface area (TPSA) is 240 Å². The average Bonchev–Trinajstić information content (AvgIpc) is 3.50. The summed E-state index contributed by atoms with van der Waals surface area (Å²) in [6.07, 6.45) is -0.577. The van der Waals surface area contributed by atoms with Gasteiger partial charge in [0.2, 0.25) is 17.7 Å². The first-order valence-corrected chi connectivity index (χ1v) is 20.5. The molecule has 16 nitrogen and oxygen atoms in total. The number of phenols is 1. The van der Waals surface area contributed by atoms with Crippen LogP contribution in [-0.4, -0.2) is 98.0 Å². The molecule has 1 aromatic heterocycles. The molecule has 17 heteroatoms. The number of aromatic amines is 1. The summed E-state index contributed by atoms with van der Waals surface area (Å²) in [7, 11) is 0. The predicted molar refractivity (Wildman–Crippen MR) is 221 cm³/mol. The highest BCUT2D eigenvalue weighted by molar-refractivity contribution is 7.09. The molecule has 0 radical (unpaired) electrons. The fourth-order valence-electron chi connectivity index (χ4n) is 7.16. The second kappa shape index (κ2) is 19.3. The molecule has 3 unspecified atom stereocenters. The zero-order valence-electron chi connectivity index (χ0n) is 35.3. The number of ether oxygens (including phenoxy) is 2. The number of phenolic OH excluding ortho intramolecular Hbond substituents is 1. The van der Waals surface area contributed by atoms with Crippen molar-refractivity contribution in [1.82, 2.24) is 26.0 Å². The van der Waals surface area contributed by atoms with Gasteiger partial charge in [-0.05, 0) is 86.3 Å². The van der Waals surface area contributed by atoms with E-state index in [1.54, 1.807) is 51.7 Å². The Balaban J connectivity index is 1.51. The normalized spacial score (nSPS) is 16.6. The summed E-state index contributed by atoms with van der Waals surface area (Å²) < 4.78 is 12.6. The molecule has 1 aliphatic heterocycles. The SMILES string of the molecule is Cc1c(C)c2c(c(C)c1O)CCC(C)(C(=O)N(CCNC(=O)[C@@H](NC(=O)C(CC(C)C)C(O)C(=O)NO)C(C)(C)C)CCOc1ccc(Cc3sc(=O)[nH]c3O)cc1)O2. The van der Waals surface area contributed by atoms with Crippen LogP contribution in [0, 0.1) is 38.0 Å². The number of benzene rings is 2. The van der Waals surface area contributed by atoms with Crippen LogP contribution >= 0.6 is 11.3 Å². The second-order valence-electron chi connectivity index (χ2n) is 16.9. The van der Waals surface area contributed by atoms with Gasteiger partial charge in [-0.2, -0.15) is 0 Å². The minimum absolute atomic E-state index is 0.0114. The van der Waals surface area contributed by atoms with Gasteiger partial charge in [0.1, 0.15) is 36.0 Å². The number of nitrogens with zero attached hydrogens (tertiary/aromatic N) is 1. The van der Waals surface area contributed by atoms with Crippen LogP contribution in [0.15, 0.2) is 29.1 Å². The molecule has 3 aromatic rings. The summed E-state index contributed by atoms with van der Waals surface area (Å²) in [4.78, 5) is 69.5. The number of nitrogens with one attached hydrogen (secondary N) is 4. The van der Waals surface area contributed by atoms with E-state index < -0.39 is 46.8 Å². The maximum atomic E-state index is 14.5. The molecule has 2 aromatic carbocycles. The molecule has 8 N–H and O–H groups in total. The quantitative estimate of drug-likeness (QED) is 0.0723. The van der Waals surface area contributed by atoms with E-state index in [1.807, 2.05) is 39.8 Å². The van der Waals surface area contributed by atoms with E-state index in [-0.39, 0.29) is 61.0 Å². The van der Waals surface area contributed by atoms with Crippen LogP contribution in [-0.2, 0) is 32.0 Å². The van der Waals surface area contributed by atoms with Crippen molar-refractivity contribution < 1.29 is 49.2 Å². The molecular weight excluding hydrogens is 783 g/mol. The molecule has 1 aliphatic rings. The van der Waals surface area contributed by atoms with Crippen molar-refractivity contribution in [2.24, 2.45) is 17.3 Å². The van der Waals surface area contributed by atoms with E-state index in [1.165, 1.54) is 5.48 Å². The van der Waals surface area contributed by atoms with Gasteiger partial charge in [-0.3, -0.25) is 34.2 Å². The van der Waals surface area contributed by atoms with Crippen LogP contribution in [0.1, 0.15) is 87.1 Å². The molecule has 0 saturated heterocycles. The molecule has 0 aliphatic carbocycles. The second-order valence-corrected chi connectivity index (χ2v) is 17.9. The number of amides is 4. The number of aromatic nitrogens is 1. The molecule has 0 spiro atoms. The van der Waals surface area contributed by atoms with Gasteiger partial charge < -0.3 is 40.3 Å². The van der Waals surface area contributed by atoms with Crippen LogP contribution < -0.4 is 30.5 Å². The lowest BCUT2D eigenvalue weighted by Crippen LogP contribution is -2.58. The number of H-pyrrole nitrogens is 1. The first-order chi connectivity index (χ1) is 27.6. The Morgan fingerprint density at radius 1 is 1.00 bits per heavy atom. The summed E-state index contributed by atoms with van der Waals surface area (Å²) in [5, 5.41) is 45.8. The highest BCUT2D eigenvalue weighted by Gasteiger charge is 2.44. The number of hydroxylamine groups is 1. The Bertz CT molecular complexity index is 2060. The van der Waals surface area contributed by atoms with Crippen molar-refractivity contribution in [1.29, 1.82) is 0 Å². The molecule has 0 bridgehead atoms. The number of rotatable bonds is 17. The number of carbonyl (C=O) groups excluding carboxylic acids is 4. The number of hydrogen-bond donors (Lipinski definition) is 8. The van der Waals surface area contributed by atoms with Gasteiger partial charge >= 0.3 is 4.87 Å². The number of carbonyl (C=O) groups is 4. The van der Waals surface area contributed by atoms with E-state index in [0.29, 0.717) is 46.8 Å². The zero-order chi connectivity index (χ0) is 44.0. The molecule has 324 valence electrons. The van der Waals surface area contributed by atoms with E-state index in [4.69, 9.17) is 14.7 Å². The standard InChI is InChI=1S/C42H59N5O11S/c1-22(2)20-29(32(49)37(52)46-56)35(50)44-34(41(6,7)8)38(53)43-16-17-47(18-19-57-27-12-10-26(11-13-27)21-30-36(51)45-40(55)59-30)39(54)42(9)15-14-28-25(5)31(48)23(3)24(4)33(28)58-42/h10-13,22,29,32,34,48-49,51,56H,14-21H2,1-9H3,(H,43,53)(H,44,50)(H,45,55)(H,46,52)/t29?,32?,34-,42?/m1/s1. The molecular formula is C42H59N5O11S. The van der Waals surface area contributed by atoms with E-state index >= 15 is 0 Å². The molecule has 59 heavy (non-hydrogen) atoms. The van der Waals surface area contributed by atoms with Crippen molar-refractivity contribution in [2.75, 3.05) is 26.2 Å². The number of aliphatic hydroxyl groups is 1. The largest absolute Gasteiger partial charge is 0.507 e. The Labute approximate surface area is 348 Å². The number of thiazole rings is 1. The lowest BCUT2D eigenvalue weighted by Gasteiger charge is -2.40. The van der Waals surface area contributed by atoms with Gasteiger partial charge in [0.25, 0.3) is 11.8 Å². The maximum Gasteiger partial charge on any atom is 0.307 e. The fraction of sp³-hybridized carbons (Fsp3) is 0.548. The summed E-state index contributed by atoms with van der Waals surface area (Å²) in [5.41, 5.74) is 3.08. The van der Waals surface area contributed by atoms with Crippen LogP contribution in [0.5, 0.6) is 23.1 Å². The Hall–Kier alpha value is -5.13. The first kappa shape index (κ1) is 46.6. The molecule has 0 fully saturated rings. The number of aliphatic hydroxyl groups excluding tert-OH is 1. The van der Waals surface area contributed by atoms with Crippen molar-refractivity contribution in [2.45, 2.75) is 106 Å². The first-order valence-electron chi connectivity index (χ1n) is 19.7. The van der Waals surface area contributed by atoms with Crippen molar-refractivity contribution >= 4 is 35.0 Å². The van der Waals surface area contributed by atoms with Crippen molar-refractivity contribution in [3.05, 3.63) is 66.6 Å². The van der Waals surface area contributed by atoms with E-state index in [9.17, 15) is 39.3 Å². The van der Waals surface area contributed by atoms with Gasteiger partial charge in [-0.15, -0.1) is 0 Å². The minimum Gasteiger partial charge on any atom is -0.507 e. The van der Waals surface area contributed by atoms with Crippen molar-refractivity contribution in [3.63, 3.8) is 0 Å². The lowest BCUT2D eigenvalue weighted by atomic mass is 9.84. The number of aromatic hydroxyl groups is 2. The van der Waals surface area contributed by atoms with Gasteiger partial charge in [0.05, 0.1) is 17.3 Å². The molecule has 4 amide bonds. The minimum atomic E-state index is -1.85. The Kier molecular flexibility index (Phi) is 15.2. The predicted octanol–water partition coefficient (Wildman–Crippen LogP) is 3.53. The third-order valence-electron chi connectivity index (χ3n) is 10.8. The highest BCUT2D eigenvalue weighted by atomic mass is 32.1. The third kappa shape index (κ3) is 11.3. The highest BCUT2D eigenvalue weighted by Crippen LogP contribution is 2.43. The van der Waals surface area contributed by atoms with Crippen LogP contribution in [0.3, 0.4) is 0 Å². The zero-order valence-corrected chi connectivity index (χ0v) is 36.1. The van der Waals surface area contributed by atoms with E-state index in [0.717, 1.165) is 28.0 Å². The van der Waals surface area contributed by atoms with Gasteiger partial charge in [0, 0.05) is 31.5 Å². The molecule has 4 rings (SSSR count). The molecule has 2 heterocycles. The van der Waals surface area contributed by atoms with Crippen LogP contribution in [0.25, 0.3) is 0 Å². The smallest absolute Gasteiger partial charge is 0.307 e. The monoisotopic (exact) mass is 841 g/mol. The Morgan fingerprint density at radius 3 is 2.24 bits per heavy atom. The van der Waals surface area contributed by atoms with E-state index in [2.05, 4.69) is 15.6 Å². The van der Waals surface area contributed by atoms with Gasteiger partial charge in [-0.1, -0.05) is 58.1 Å². The lowest BCUT2D eigenvalue weighted by molar-refractivity contribution is -0.149. The molecule has 0 saturated carbocycles. The summed E-state index contributed by atoms with van der Waals surface area (Å²) in [6.45, 7) is 16.3. The van der Waals surface area contributed by atoms with Crippen LogP contribution in [0.4, 0.5) is 0 Å². The summed E-state index contributed by atoms with van der Waals surface area (Å²) >= 11 is 0.936. The average molecular weight is 842 g/mol. The van der Waals surface area contributed by atoms with Gasteiger partial charge in [0.15, 0.2) is 5.60 Å². The summed E-state index contributed by atoms with van der Waals surface area (Å²) in [6, 6.07) is 6.03. The van der Waals surface area contributed by atoms with Crippen LogP contribution in [0.2, 0.25) is 0 Å². The summed E-state index contributed by atoms with van der Waals surface area (Å²) in [5.74, 6) is -2.97. The van der Waals surface area contributed by atoms with Gasteiger partial charge in [-0.25, -0.2) is 5.48 Å². The number of hydrogen-bond acceptors (Lipinski definition) is 12.